The second kappa shape index (κ2) is 14.4. The average molecular weight is 619 g/mol. The smallest absolute Gasteiger partial charge is 0.175 e. The van der Waals surface area contributed by atoms with E-state index < -0.39 is 27.9 Å². The van der Waals surface area contributed by atoms with Crippen molar-refractivity contribution in [2.24, 2.45) is 0 Å². The lowest BCUT2D eigenvalue weighted by Crippen LogP contribution is -2.50. The number of methoxy groups -OCH3 is 2. The first-order valence-corrected chi connectivity index (χ1v) is 16.2. The molecule has 3 unspecified atom stereocenters. The zero-order chi connectivity index (χ0) is 31.1. The van der Waals surface area contributed by atoms with E-state index in [0.717, 1.165) is 47.6 Å². The van der Waals surface area contributed by atoms with Gasteiger partial charge in [-0.1, -0.05) is 18.9 Å². The highest BCUT2D eigenvalue weighted by atomic mass is 32.2. The molecule has 9 nitrogen and oxygen atoms in total. The van der Waals surface area contributed by atoms with Crippen LogP contribution in [0.5, 0.6) is 5.75 Å². The Bertz CT molecular complexity index is 1580. The van der Waals surface area contributed by atoms with Crippen LogP contribution in [0.4, 0.5) is 20.2 Å². The number of halogens is 2. The van der Waals surface area contributed by atoms with Crippen LogP contribution in [-0.2, 0) is 21.1 Å². The number of β-amino-alcohol motifs (C(OH)–C–C–N with tert-alkyl or cyclic N) is 1. The molecule has 0 aliphatic carbocycles. The Morgan fingerprint density at radius 3 is 2.70 bits per heavy atom. The summed E-state index contributed by atoms with van der Waals surface area (Å²) in [6, 6.07) is 9.73. The Balaban J connectivity index is 1.51. The summed E-state index contributed by atoms with van der Waals surface area (Å²) in [5.74, 6) is 5.53. The highest BCUT2D eigenvalue weighted by Crippen LogP contribution is 2.32. The van der Waals surface area contributed by atoms with E-state index in [-0.39, 0.29) is 42.1 Å². The van der Waals surface area contributed by atoms with Crippen LogP contribution in [0, 0.1) is 17.7 Å². The van der Waals surface area contributed by atoms with Crippen molar-refractivity contribution in [3.8, 4) is 17.6 Å². The summed E-state index contributed by atoms with van der Waals surface area (Å²) in [6.45, 7) is 4.39. The third-order valence-electron chi connectivity index (χ3n) is 7.43. The number of aliphatic hydroxyl groups is 1. The van der Waals surface area contributed by atoms with E-state index in [1.165, 1.54) is 20.3 Å². The van der Waals surface area contributed by atoms with Crippen LogP contribution >= 0.6 is 0 Å². The number of hydrogen-bond acceptors (Lipinski definition) is 8. The van der Waals surface area contributed by atoms with Gasteiger partial charge in [-0.15, -0.1) is 0 Å². The molecule has 12 heteroatoms. The van der Waals surface area contributed by atoms with Gasteiger partial charge in [-0.25, -0.2) is 17.2 Å². The molecular weight excluding hydrogens is 578 g/mol. The van der Waals surface area contributed by atoms with Gasteiger partial charge < -0.3 is 29.8 Å². The van der Waals surface area contributed by atoms with Crippen molar-refractivity contribution in [2.45, 2.75) is 49.5 Å². The van der Waals surface area contributed by atoms with Gasteiger partial charge in [0.25, 0.3) is 0 Å². The zero-order valence-electron chi connectivity index (χ0n) is 25.0. The number of aromatic nitrogens is 1. The molecule has 3 N–H and O–H groups in total. The summed E-state index contributed by atoms with van der Waals surface area (Å²) in [5.41, 5.74) is 2.60. The molecule has 0 amide bonds. The summed E-state index contributed by atoms with van der Waals surface area (Å²) >= 11 is 0. The number of hydrogen-bond donors (Lipinski definition) is 3. The maximum atomic E-state index is 15.2. The zero-order valence-corrected chi connectivity index (χ0v) is 25.8. The van der Waals surface area contributed by atoms with Crippen molar-refractivity contribution >= 4 is 32.1 Å². The summed E-state index contributed by atoms with van der Waals surface area (Å²) < 4.78 is 66.0. The Morgan fingerprint density at radius 2 is 2.02 bits per heavy atom. The van der Waals surface area contributed by atoms with Crippen LogP contribution in [-0.4, -0.2) is 94.6 Å². The quantitative estimate of drug-likeness (QED) is 0.263. The van der Waals surface area contributed by atoms with Crippen molar-refractivity contribution in [3.05, 3.63) is 47.9 Å². The van der Waals surface area contributed by atoms with Crippen molar-refractivity contribution in [1.29, 1.82) is 0 Å². The molecule has 0 saturated carbocycles. The van der Waals surface area contributed by atoms with E-state index in [0.29, 0.717) is 19.5 Å². The van der Waals surface area contributed by atoms with Crippen LogP contribution in [0.15, 0.2) is 41.3 Å². The predicted molar refractivity (Wildman–Crippen MR) is 165 cm³/mol. The fraction of sp³-hybridized carbons (Fsp3) is 0.484. The van der Waals surface area contributed by atoms with Gasteiger partial charge >= 0.3 is 0 Å². The molecule has 1 saturated heterocycles. The minimum Gasteiger partial charge on any atom is -0.494 e. The molecule has 234 valence electrons. The molecule has 1 aliphatic rings. The number of benzene rings is 2. The number of rotatable bonds is 12. The average Bonchev–Trinajstić information content (AvgIpc) is 3.30. The van der Waals surface area contributed by atoms with Gasteiger partial charge in [0.05, 0.1) is 48.5 Å². The first-order chi connectivity index (χ1) is 20.5. The topological polar surface area (TPSA) is 105 Å². The van der Waals surface area contributed by atoms with Gasteiger partial charge in [0.1, 0.15) is 17.6 Å². The maximum Gasteiger partial charge on any atom is 0.175 e. The summed E-state index contributed by atoms with van der Waals surface area (Å²) in [4.78, 5) is 1.76. The Labute approximate surface area is 252 Å². The predicted octanol–water partition coefficient (Wildman–Crippen LogP) is 3.90. The molecule has 2 heterocycles. The van der Waals surface area contributed by atoms with Crippen LogP contribution in [0.25, 0.3) is 10.9 Å². The molecule has 1 aliphatic heterocycles. The number of nitrogens with zero attached hydrogens (tertiary/aromatic N) is 2. The first kappa shape index (κ1) is 32.5. The summed E-state index contributed by atoms with van der Waals surface area (Å²) in [5, 5.41) is 17.3. The molecule has 0 spiro atoms. The number of aryl methyl sites for hydroxylation is 1. The number of ether oxygens (including phenoxy) is 2. The van der Waals surface area contributed by atoms with Gasteiger partial charge in [0.15, 0.2) is 15.7 Å². The summed E-state index contributed by atoms with van der Waals surface area (Å²) in [7, 11) is -0.733. The molecule has 43 heavy (non-hydrogen) atoms. The number of anilines is 2. The highest BCUT2D eigenvalue weighted by molar-refractivity contribution is 7.90. The van der Waals surface area contributed by atoms with E-state index in [9.17, 15) is 17.9 Å². The van der Waals surface area contributed by atoms with E-state index in [1.54, 1.807) is 0 Å². The van der Waals surface area contributed by atoms with Crippen LogP contribution in [0.2, 0.25) is 0 Å². The second-order valence-electron chi connectivity index (χ2n) is 10.8. The third kappa shape index (κ3) is 7.97. The molecule has 3 aromatic rings. The molecule has 4 rings (SSSR count). The minimum absolute atomic E-state index is 0.0322. The van der Waals surface area contributed by atoms with E-state index >= 15 is 4.39 Å². The molecule has 3 atom stereocenters. The van der Waals surface area contributed by atoms with Gasteiger partial charge in [0.2, 0.25) is 0 Å². The highest BCUT2D eigenvalue weighted by Gasteiger charge is 2.30. The second-order valence-corrected chi connectivity index (χ2v) is 12.8. The van der Waals surface area contributed by atoms with Crippen LogP contribution < -0.4 is 15.4 Å². The fourth-order valence-corrected chi connectivity index (χ4v) is 6.03. The van der Waals surface area contributed by atoms with E-state index in [2.05, 4.69) is 34.0 Å². The normalized spacial score (nSPS) is 18.2. The molecule has 0 bridgehead atoms. The Morgan fingerprint density at radius 1 is 1.23 bits per heavy atom. The summed E-state index contributed by atoms with van der Waals surface area (Å²) in [6.07, 6.45) is 0.724. The lowest BCUT2D eigenvalue weighted by molar-refractivity contribution is 0.0215. The van der Waals surface area contributed by atoms with Crippen molar-refractivity contribution in [3.63, 3.8) is 0 Å². The fourth-order valence-electron chi connectivity index (χ4n) is 5.39. The monoisotopic (exact) mass is 618 g/mol. The minimum atomic E-state index is -3.60. The van der Waals surface area contributed by atoms with Gasteiger partial charge in [0, 0.05) is 56.7 Å². The van der Waals surface area contributed by atoms with Gasteiger partial charge in [-0.05, 0) is 43.0 Å². The number of likely N-dealkylation sites (tertiary alicyclic amines) is 1. The lowest BCUT2D eigenvalue weighted by atomic mass is 10.0. The van der Waals surface area contributed by atoms with Crippen LogP contribution in [0.3, 0.4) is 0 Å². The Hall–Kier alpha value is -3.37. The van der Waals surface area contributed by atoms with Gasteiger partial charge in [-0.3, -0.25) is 4.90 Å². The number of aliphatic hydroxyl groups excluding tert-OH is 1. The standard InChI is InChI=1S/C31H40F2N4O5S/c1-5-13-37-21(8-7-12-34-31-25(32)16-23(43(4,39)40)17-30(31)42-3)15-24-27(9-6-10-29(24)37)35-28-11-14-36(19-26(28)33)18-22(38)20-41-2/h6,9-10,15-17,22,26,28,34-35,38H,5,11-14,18-20H2,1-4H3. The van der Waals surface area contributed by atoms with Crippen molar-refractivity contribution in [2.75, 3.05) is 63.9 Å². The number of alkyl halides is 1. The number of nitrogens with one attached hydrogen (secondary N) is 2. The first-order valence-electron chi connectivity index (χ1n) is 14.3. The maximum absolute atomic E-state index is 15.2. The molecule has 1 aromatic heterocycles. The largest absolute Gasteiger partial charge is 0.494 e. The SMILES string of the molecule is CCCn1c(C#CCNc2c(F)cc(S(C)(=O)=O)cc2OC)cc2c(NC3CCN(CC(O)COC)CC3F)cccc21. The number of sulfone groups is 1. The molecule has 2 aromatic carbocycles. The van der Waals surface area contributed by atoms with E-state index in [4.69, 9.17) is 9.47 Å². The van der Waals surface area contributed by atoms with Gasteiger partial charge in [-0.2, -0.15) is 0 Å². The van der Waals surface area contributed by atoms with Crippen molar-refractivity contribution < 1.29 is 31.8 Å². The number of piperidine rings is 1. The molecule has 0 radical (unpaired) electrons. The Kier molecular flexibility index (Phi) is 10.9. The number of fused-ring (bicyclic) bond motifs is 1. The van der Waals surface area contributed by atoms with Crippen LogP contribution in [0.1, 0.15) is 25.5 Å². The third-order valence-corrected chi connectivity index (χ3v) is 8.53. The molecule has 1 fully saturated rings. The van der Waals surface area contributed by atoms with Crippen molar-refractivity contribution in [1.82, 2.24) is 9.47 Å². The molecular formula is C31H40F2N4O5S. The lowest BCUT2D eigenvalue weighted by Gasteiger charge is -2.36. The van der Waals surface area contributed by atoms with E-state index in [1.807, 2.05) is 29.2 Å².